The van der Waals surface area contributed by atoms with E-state index >= 15 is 0 Å². The van der Waals surface area contributed by atoms with Crippen molar-refractivity contribution >= 4 is 17.6 Å². The highest BCUT2D eigenvalue weighted by Crippen LogP contribution is 2.32. The van der Waals surface area contributed by atoms with Crippen molar-refractivity contribution in [2.24, 2.45) is 0 Å². The lowest BCUT2D eigenvalue weighted by Crippen LogP contribution is -2.39. The van der Waals surface area contributed by atoms with Gasteiger partial charge >= 0.3 is 6.03 Å². The van der Waals surface area contributed by atoms with Gasteiger partial charge in [0, 0.05) is 18.1 Å². The number of rotatable bonds is 3. The Hall–Kier alpha value is -2.00. The number of nitrogens with zero attached hydrogens (tertiary/aromatic N) is 1. The van der Waals surface area contributed by atoms with E-state index in [0.717, 1.165) is 35.5 Å². The third-order valence-corrected chi connectivity index (χ3v) is 4.58. The van der Waals surface area contributed by atoms with E-state index in [2.05, 4.69) is 36.5 Å². The van der Waals surface area contributed by atoms with Crippen LogP contribution < -0.4 is 5.32 Å². The Balaban J connectivity index is 1.63. The third kappa shape index (κ3) is 3.85. The van der Waals surface area contributed by atoms with Crippen molar-refractivity contribution in [2.45, 2.75) is 32.4 Å². The van der Waals surface area contributed by atoms with E-state index in [1.165, 1.54) is 5.56 Å². The number of halogens is 1. The van der Waals surface area contributed by atoms with Gasteiger partial charge in [-0.1, -0.05) is 53.6 Å². The van der Waals surface area contributed by atoms with Gasteiger partial charge in [-0.2, -0.15) is 0 Å². The summed E-state index contributed by atoms with van der Waals surface area (Å²) in [4.78, 5) is 14.5. The first-order valence-corrected chi connectivity index (χ1v) is 8.37. The number of hydrogen-bond donors (Lipinski definition) is 1. The maximum Gasteiger partial charge on any atom is 0.318 e. The minimum absolute atomic E-state index is 0.00280. The summed E-state index contributed by atoms with van der Waals surface area (Å²) in [5, 5.41) is 3.76. The molecule has 0 saturated carbocycles. The van der Waals surface area contributed by atoms with Crippen LogP contribution in [0.15, 0.2) is 48.5 Å². The monoisotopic (exact) mass is 328 g/mol. The maximum absolute atomic E-state index is 12.5. The fourth-order valence-electron chi connectivity index (χ4n) is 3.03. The number of nitrogens with one attached hydrogen (secondary N) is 1. The minimum Gasteiger partial charge on any atom is -0.334 e. The molecule has 0 aromatic heterocycles. The molecule has 1 N–H and O–H groups in total. The average Bonchev–Trinajstić information content (AvgIpc) is 3.04. The van der Waals surface area contributed by atoms with E-state index in [0.29, 0.717) is 6.54 Å². The molecule has 1 fully saturated rings. The molecule has 2 aromatic carbocycles. The van der Waals surface area contributed by atoms with Gasteiger partial charge in [0.25, 0.3) is 0 Å². The van der Waals surface area contributed by atoms with E-state index in [9.17, 15) is 4.79 Å². The van der Waals surface area contributed by atoms with Crippen molar-refractivity contribution in [1.82, 2.24) is 10.2 Å². The normalized spacial score (nSPS) is 17.3. The third-order valence-electron chi connectivity index (χ3n) is 4.33. The SMILES string of the molecule is Cc1ccc(CNC(=O)N2CCCC2c2ccc(Cl)cc2)cc1. The van der Waals surface area contributed by atoms with Gasteiger partial charge in [-0.05, 0) is 43.0 Å². The molecular formula is C19H21ClN2O. The van der Waals surface area contributed by atoms with E-state index in [1.807, 2.05) is 29.2 Å². The summed E-state index contributed by atoms with van der Waals surface area (Å²) in [7, 11) is 0. The molecule has 3 nitrogen and oxygen atoms in total. The number of aryl methyl sites for hydroxylation is 1. The second kappa shape index (κ2) is 7.05. The molecule has 0 bridgehead atoms. The van der Waals surface area contributed by atoms with Crippen LogP contribution in [0, 0.1) is 6.92 Å². The molecule has 23 heavy (non-hydrogen) atoms. The highest BCUT2D eigenvalue weighted by atomic mass is 35.5. The Bertz CT molecular complexity index is 667. The molecule has 1 aliphatic rings. The van der Waals surface area contributed by atoms with Gasteiger partial charge in [0.1, 0.15) is 0 Å². The van der Waals surface area contributed by atoms with E-state index in [4.69, 9.17) is 11.6 Å². The van der Waals surface area contributed by atoms with Gasteiger partial charge in [0.05, 0.1) is 6.04 Å². The lowest BCUT2D eigenvalue weighted by Gasteiger charge is -2.25. The highest BCUT2D eigenvalue weighted by Gasteiger charge is 2.29. The number of carbonyl (C=O) groups is 1. The van der Waals surface area contributed by atoms with Crippen molar-refractivity contribution in [2.75, 3.05) is 6.54 Å². The zero-order valence-corrected chi connectivity index (χ0v) is 14.0. The Morgan fingerprint density at radius 1 is 1.17 bits per heavy atom. The van der Waals surface area contributed by atoms with Gasteiger partial charge in [-0.25, -0.2) is 4.79 Å². The molecule has 120 valence electrons. The van der Waals surface area contributed by atoms with Crippen molar-refractivity contribution in [1.29, 1.82) is 0 Å². The van der Waals surface area contributed by atoms with Gasteiger partial charge in [0.15, 0.2) is 0 Å². The molecular weight excluding hydrogens is 308 g/mol. The standard InChI is InChI=1S/C19H21ClN2O/c1-14-4-6-15(7-5-14)13-21-19(23)22-12-2-3-18(22)16-8-10-17(20)11-9-16/h4-11,18H,2-3,12-13H2,1H3,(H,21,23). The summed E-state index contributed by atoms with van der Waals surface area (Å²) in [6.45, 7) is 3.42. The fourth-order valence-corrected chi connectivity index (χ4v) is 3.15. The summed E-state index contributed by atoms with van der Waals surface area (Å²) >= 11 is 5.95. The largest absolute Gasteiger partial charge is 0.334 e. The van der Waals surface area contributed by atoms with E-state index in [1.54, 1.807) is 0 Å². The van der Waals surface area contributed by atoms with Crippen LogP contribution in [-0.2, 0) is 6.54 Å². The molecule has 4 heteroatoms. The van der Waals surface area contributed by atoms with Gasteiger partial charge in [-0.15, -0.1) is 0 Å². The highest BCUT2D eigenvalue weighted by molar-refractivity contribution is 6.30. The number of benzene rings is 2. The van der Waals surface area contributed by atoms with Crippen LogP contribution in [0.2, 0.25) is 5.02 Å². The molecule has 1 heterocycles. The van der Waals surface area contributed by atoms with Crippen LogP contribution in [0.5, 0.6) is 0 Å². The van der Waals surface area contributed by atoms with Crippen molar-refractivity contribution in [3.63, 3.8) is 0 Å². The molecule has 2 amide bonds. The Labute approximate surface area is 142 Å². The fraction of sp³-hybridized carbons (Fsp3) is 0.316. The zero-order chi connectivity index (χ0) is 16.2. The van der Waals surface area contributed by atoms with Crippen LogP contribution in [-0.4, -0.2) is 17.5 Å². The number of carbonyl (C=O) groups excluding carboxylic acids is 1. The van der Waals surface area contributed by atoms with Gasteiger partial charge < -0.3 is 10.2 Å². The molecule has 0 radical (unpaired) electrons. The van der Waals surface area contributed by atoms with Crippen molar-refractivity contribution in [3.05, 3.63) is 70.2 Å². The van der Waals surface area contributed by atoms with Gasteiger partial charge in [0.2, 0.25) is 0 Å². The van der Waals surface area contributed by atoms with E-state index < -0.39 is 0 Å². The zero-order valence-electron chi connectivity index (χ0n) is 13.3. The van der Waals surface area contributed by atoms with Crippen LogP contribution in [0.1, 0.15) is 35.6 Å². The first kappa shape index (κ1) is 15.9. The lowest BCUT2D eigenvalue weighted by atomic mass is 10.1. The second-order valence-electron chi connectivity index (χ2n) is 6.05. The molecule has 1 unspecified atom stereocenters. The quantitative estimate of drug-likeness (QED) is 0.870. The molecule has 1 aliphatic heterocycles. The Morgan fingerprint density at radius 3 is 2.57 bits per heavy atom. The first-order valence-electron chi connectivity index (χ1n) is 7.99. The number of amides is 2. The smallest absolute Gasteiger partial charge is 0.318 e. The summed E-state index contributed by atoms with van der Waals surface area (Å²) in [5.74, 6) is 0. The first-order chi connectivity index (χ1) is 11.1. The van der Waals surface area contributed by atoms with Crippen LogP contribution in [0.25, 0.3) is 0 Å². The Morgan fingerprint density at radius 2 is 1.87 bits per heavy atom. The molecule has 3 rings (SSSR count). The predicted molar refractivity (Wildman–Crippen MR) is 93.5 cm³/mol. The van der Waals surface area contributed by atoms with Crippen LogP contribution in [0.3, 0.4) is 0 Å². The molecule has 1 atom stereocenters. The summed E-state index contributed by atoms with van der Waals surface area (Å²) in [6.07, 6.45) is 2.03. The van der Waals surface area contributed by atoms with Crippen molar-refractivity contribution in [3.8, 4) is 0 Å². The number of urea groups is 1. The van der Waals surface area contributed by atoms with Gasteiger partial charge in [-0.3, -0.25) is 0 Å². The topological polar surface area (TPSA) is 32.3 Å². The van der Waals surface area contributed by atoms with Crippen LogP contribution >= 0.6 is 11.6 Å². The molecule has 0 aliphatic carbocycles. The lowest BCUT2D eigenvalue weighted by molar-refractivity contribution is 0.192. The molecule has 1 saturated heterocycles. The average molecular weight is 329 g/mol. The number of hydrogen-bond acceptors (Lipinski definition) is 1. The molecule has 2 aromatic rings. The van der Waals surface area contributed by atoms with Crippen LogP contribution in [0.4, 0.5) is 4.79 Å². The predicted octanol–water partition coefficient (Wildman–Crippen LogP) is 4.70. The summed E-state index contributed by atoms with van der Waals surface area (Å²) < 4.78 is 0. The van der Waals surface area contributed by atoms with E-state index in [-0.39, 0.29) is 12.1 Å². The molecule has 0 spiro atoms. The Kier molecular flexibility index (Phi) is 4.87. The summed E-state index contributed by atoms with van der Waals surface area (Å²) in [5.41, 5.74) is 3.49. The summed E-state index contributed by atoms with van der Waals surface area (Å²) in [6, 6.07) is 16.2. The van der Waals surface area contributed by atoms with Crippen molar-refractivity contribution < 1.29 is 4.79 Å². The second-order valence-corrected chi connectivity index (χ2v) is 6.48. The minimum atomic E-state index is 0.00280. The number of likely N-dealkylation sites (tertiary alicyclic amines) is 1. The maximum atomic E-state index is 12.5.